The Labute approximate surface area is 112 Å². The van der Waals surface area contributed by atoms with E-state index >= 15 is 0 Å². The van der Waals surface area contributed by atoms with Crippen molar-refractivity contribution in [2.75, 3.05) is 7.05 Å². The molecule has 2 atom stereocenters. The Balaban J connectivity index is 1.99. The van der Waals surface area contributed by atoms with Crippen LogP contribution in [0.15, 0.2) is 0 Å². The second-order valence-electron chi connectivity index (χ2n) is 5.30. The van der Waals surface area contributed by atoms with Gasteiger partial charge < -0.3 is 5.32 Å². The number of hydrogen-bond acceptors (Lipinski definition) is 4. The van der Waals surface area contributed by atoms with Crippen LogP contribution in [0.4, 0.5) is 0 Å². The molecule has 6 heteroatoms. The highest BCUT2D eigenvalue weighted by atomic mass is 16.2. The fourth-order valence-corrected chi connectivity index (χ4v) is 2.92. The maximum absolute atomic E-state index is 12.3. The number of hydrogen-bond donors (Lipinski definition) is 2. The van der Waals surface area contributed by atoms with Gasteiger partial charge in [-0.15, -0.1) is 0 Å². The van der Waals surface area contributed by atoms with Crippen molar-refractivity contribution in [3.05, 3.63) is 0 Å². The van der Waals surface area contributed by atoms with Gasteiger partial charge in [0.1, 0.15) is 0 Å². The van der Waals surface area contributed by atoms with E-state index in [4.69, 9.17) is 0 Å². The van der Waals surface area contributed by atoms with Gasteiger partial charge in [-0.3, -0.25) is 24.6 Å². The molecule has 106 valence electrons. The van der Waals surface area contributed by atoms with E-state index in [1.54, 1.807) is 14.0 Å². The van der Waals surface area contributed by atoms with E-state index in [2.05, 4.69) is 10.6 Å². The minimum absolute atomic E-state index is 0.0714. The number of amides is 3. The average Bonchev–Trinajstić information content (AvgIpc) is 2.98. The van der Waals surface area contributed by atoms with Gasteiger partial charge in [0, 0.05) is 13.1 Å². The molecule has 3 amide bonds. The summed E-state index contributed by atoms with van der Waals surface area (Å²) in [5, 5.41) is 5.46. The smallest absolute Gasteiger partial charge is 0.247 e. The van der Waals surface area contributed by atoms with E-state index in [1.165, 1.54) is 4.90 Å². The van der Waals surface area contributed by atoms with Crippen LogP contribution in [0.1, 0.15) is 39.0 Å². The fraction of sp³-hybridized carbons (Fsp3) is 0.769. The first-order valence-corrected chi connectivity index (χ1v) is 6.88. The molecule has 1 heterocycles. The van der Waals surface area contributed by atoms with Gasteiger partial charge in [0.25, 0.3) is 0 Å². The summed E-state index contributed by atoms with van der Waals surface area (Å²) < 4.78 is 0. The molecule has 1 saturated carbocycles. The largest absolute Gasteiger partial charge is 0.358 e. The quantitative estimate of drug-likeness (QED) is 0.690. The van der Waals surface area contributed by atoms with Crippen molar-refractivity contribution >= 4 is 17.7 Å². The third kappa shape index (κ3) is 2.78. The van der Waals surface area contributed by atoms with E-state index in [-0.39, 0.29) is 30.2 Å². The molecule has 0 aromatic rings. The molecule has 2 rings (SSSR count). The highest BCUT2D eigenvalue weighted by Gasteiger charge is 2.43. The van der Waals surface area contributed by atoms with Crippen LogP contribution in [0.2, 0.25) is 0 Å². The molecule has 0 bridgehead atoms. The van der Waals surface area contributed by atoms with Crippen molar-refractivity contribution in [2.24, 2.45) is 0 Å². The maximum atomic E-state index is 12.3. The van der Waals surface area contributed by atoms with E-state index in [0.717, 1.165) is 25.7 Å². The molecule has 2 N–H and O–H groups in total. The highest BCUT2D eigenvalue weighted by molar-refractivity contribution is 6.06. The predicted octanol–water partition coefficient (Wildman–Crippen LogP) is -0.219. The first-order valence-electron chi connectivity index (χ1n) is 6.88. The van der Waals surface area contributed by atoms with E-state index in [0.29, 0.717) is 0 Å². The average molecular weight is 267 g/mol. The van der Waals surface area contributed by atoms with Gasteiger partial charge in [0.05, 0.1) is 18.5 Å². The van der Waals surface area contributed by atoms with Gasteiger partial charge in [-0.25, -0.2) is 0 Å². The molecule has 0 aromatic carbocycles. The number of likely N-dealkylation sites (N-methyl/N-ethyl adjacent to an activating group) is 1. The molecule has 0 radical (unpaired) electrons. The molecule has 1 aliphatic carbocycles. The maximum Gasteiger partial charge on any atom is 0.247 e. The Morgan fingerprint density at radius 3 is 2.53 bits per heavy atom. The molecule has 0 aromatic heterocycles. The van der Waals surface area contributed by atoms with Crippen molar-refractivity contribution in [1.82, 2.24) is 15.5 Å². The molecule has 1 aliphatic heterocycles. The number of rotatable bonds is 4. The summed E-state index contributed by atoms with van der Waals surface area (Å²) in [6.07, 6.45) is 4.14. The molecule has 6 nitrogen and oxygen atoms in total. The highest BCUT2D eigenvalue weighted by Crippen LogP contribution is 2.28. The second-order valence-corrected chi connectivity index (χ2v) is 5.30. The van der Waals surface area contributed by atoms with Crippen LogP contribution in [0.3, 0.4) is 0 Å². The normalized spacial score (nSPS) is 26.0. The summed E-state index contributed by atoms with van der Waals surface area (Å²) in [5.74, 6) is -0.467. The zero-order valence-electron chi connectivity index (χ0n) is 11.4. The lowest BCUT2D eigenvalue weighted by molar-refractivity contribution is -0.141. The fourth-order valence-electron chi connectivity index (χ4n) is 2.92. The molecule has 0 spiro atoms. The predicted molar refractivity (Wildman–Crippen MR) is 69.2 cm³/mol. The lowest BCUT2D eigenvalue weighted by Crippen LogP contribution is -2.49. The van der Waals surface area contributed by atoms with Crippen molar-refractivity contribution in [2.45, 2.75) is 57.2 Å². The molecule has 2 aliphatic rings. The van der Waals surface area contributed by atoms with Crippen molar-refractivity contribution < 1.29 is 14.4 Å². The number of carbonyl (C=O) groups is 3. The van der Waals surface area contributed by atoms with Gasteiger partial charge in [0.2, 0.25) is 17.7 Å². The van der Waals surface area contributed by atoms with Gasteiger partial charge in [0.15, 0.2) is 0 Å². The lowest BCUT2D eigenvalue weighted by Gasteiger charge is -2.23. The standard InChI is InChI=1S/C13H21N3O3/c1-8(12(18)14-2)15-10-7-11(17)16(13(10)19)9-5-3-4-6-9/h8-10,15H,3-7H2,1-2H3,(H,14,18). The SMILES string of the molecule is CNC(=O)C(C)NC1CC(=O)N(C2CCCC2)C1=O. The first-order chi connectivity index (χ1) is 9.04. The van der Waals surface area contributed by atoms with Crippen molar-refractivity contribution in [1.29, 1.82) is 0 Å². The molecular formula is C13H21N3O3. The van der Waals surface area contributed by atoms with E-state index in [9.17, 15) is 14.4 Å². The minimum Gasteiger partial charge on any atom is -0.358 e. The first kappa shape index (κ1) is 14.0. The Morgan fingerprint density at radius 1 is 1.32 bits per heavy atom. The molecule has 1 saturated heterocycles. The number of carbonyl (C=O) groups excluding carboxylic acids is 3. The van der Waals surface area contributed by atoms with Crippen LogP contribution in [0, 0.1) is 0 Å². The summed E-state index contributed by atoms with van der Waals surface area (Å²) in [4.78, 5) is 37.1. The molecule has 19 heavy (non-hydrogen) atoms. The van der Waals surface area contributed by atoms with Crippen LogP contribution in [0.25, 0.3) is 0 Å². The Morgan fingerprint density at radius 2 is 1.95 bits per heavy atom. The number of imide groups is 1. The number of nitrogens with zero attached hydrogens (tertiary/aromatic N) is 1. The van der Waals surface area contributed by atoms with Crippen LogP contribution in [-0.2, 0) is 14.4 Å². The summed E-state index contributed by atoms with van der Waals surface area (Å²) in [6.45, 7) is 1.69. The van der Waals surface area contributed by atoms with E-state index < -0.39 is 12.1 Å². The summed E-state index contributed by atoms with van der Waals surface area (Å²) in [5.41, 5.74) is 0. The number of nitrogens with one attached hydrogen (secondary N) is 2. The summed E-state index contributed by atoms with van der Waals surface area (Å²) in [6, 6.07) is -0.960. The topological polar surface area (TPSA) is 78.5 Å². The van der Waals surface area contributed by atoms with Crippen molar-refractivity contribution in [3.8, 4) is 0 Å². The monoisotopic (exact) mass is 267 g/mol. The van der Waals surface area contributed by atoms with Crippen LogP contribution in [-0.4, -0.2) is 47.8 Å². The summed E-state index contributed by atoms with van der Waals surface area (Å²) in [7, 11) is 1.55. The Hall–Kier alpha value is -1.43. The molecule has 2 unspecified atom stereocenters. The van der Waals surface area contributed by atoms with E-state index in [1.807, 2.05) is 0 Å². The zero-order chi connectivity index (χ0) is 14.0. The lowest BCUT2D eigenvalue weighted by atomic mass is 10.2. The number of likely N-dealkylation sites (tertiary alicyclic amines) is 1. The van der Waals surface area contributed by atoms with Gasteiger partial charge in [-0.1, -0.05) is 12.8 Å². The van der Waals surface area contributed by atoms with Crippen LogP contribution < -0.4 is 10.6 Å². The van der Waals surface area contributed by atoms with Gasteiger partial charge in [-0.2, -0.15) is 0 Å². The molecule has 2 fully saturated rings. The summed E-state index contributed by atoms with van der Waals surface area (Å²) >= 11 is 0. The Bertz CT molecular complexity index is 391. The van der Waals surface area contributed by atoms with Crippen LogP contribution in [0.5, 0.6) is 0 Å². The molecular weight excluding hydrogens is 246 g/mol. The zero-order valence-corrected chi connectivity index (χ0v) is 11.4. The second kappa shape index (κ2) is 5.69. The third-order valence-corrected chi connectivity index (χ3v) is 3.96. The van der Waals surface area contributed by atoms with Gasteiger partial charge >= 0.3 is 0 Å². The van der Waals surface area contributed by atoms with Gasteiger partial charge in [-0.05, 0) is 19.8 Å². The van der Waals surface area contributed by atoms with Crippen molar-refractivity contribution in [3.63, 3.8) is 0 Å². The Kier molecular flexibility index (Phi) is 4.19. The minimum atomic E-state index is -0.555. The third-order valence-electron chi connectivity index (χ3n) is 3.96. The van der Waals surface area contributed by atoms with Crippen LogP contribution >= 0.6 is 0 Å².